The molecule has 80 valence electrons. The molecule has 0 aliphatic heterocycles. The summed E-state index contributed by atoms with van der Waals surface area (Å²) in [5, 5.41) is 27.3. The van der Waals surface area contributed by atoms with Crippen LogP contribution in [-0.4, -0.2) is 27.4 Å². The Morgan fingerprint density at radius 3 is 2.47 bits per heavy atom. The molecule has 0 saturated carbocycles. The third kappa shape index (κ3) is 2.43. The minimum atomic E-state index is -1.83. The molecule has 1 aromatic carbocycles. The molecule has 4 nitrogen and oxygen atoms in total. The van der Waals surface area contributed by atoms with E-state index in [9.17, 15) is 15.0 Å². The van der Waals surface area contributed by atoms with Gasteiger partial charge in [-0.15, -0.1) is 0 Å². The van der Waals surface area contributed by atoms with Crippen molar-refractivity contribution >= 4 is 12.0 Å². The molecular weight excluding hydrogens is 196 g/mol. The van der Waals surface area contributed by atoms with Crippen LogP contribution in [0.4, 0.5) is 0 Å². The summed E-state index contributed by atoms with van der Waals surface area (Å²) in [7, 11) is 0. The highest BCUT2D eigenvalue weighted by Crippen LogP contribution is 2.21. The van der Waals surface area contributed by atoms with Crippen molar-refractivity contribution < 1.29 is 20.1 Å². The fourth-order valence-corrected chi connectivity index (χ4v) is 1.27. The van der Waals surface area contributed by atoms with Crippen LogP contribution in [0.25, 0.3) is 6.08 Å². The number of hydrogen-bond donors (Lipinski definition) is 3. The molecule has 0 bridgehead atoms. The zero-order valence-electron chi connectivity index (χ0n) is 8.00. The predicted octanol–water partition coefficient (Wildman–Crippen LogP) is 0.808. The number of aliphatic hydroxyl groups excluding tert-OH is 2. The number of carboxylic acids is 1. The van der Waals surface area contributed by atoms with E-state index in [1.165, 1.54) is 6.08 Å². The van der Waals surface area contributed by atoms with E-state index >= 15 is 0 Å². The molecule has 15 heavy (non-hydrogen) atoms. The Balaban J connectivity index is 3.04. The van der Waals surface area contributed by atoms with E-state index in [2.05, 4.69) is 6.58 Å². The van der Waals surface area contributed by atoms with E-state index in [1.54, 1.807) is 24.3 Å². The lowest BCUT2D eigenvalue weighted by molar-refractivity contribution is -0.153. The molecule has 0 heterocycles. The first-order chi connectivity index (χ1) is 7.07. The standard InChI is InChI=1S/C11H12O4/c1-2-7-5-3-4-6-8(7)9(12)10(13)11(14)15/h2-6,9-10,12-13H,1H2,(H,14,15). The third-order valence-electron chi connectivity index (χ3n) is 2.09. The normalized spacial score (nSPS) is 14.3. The van der Waals surface area contributed by atoms with Crippen molar-refractivity contribution in [1.82, 2.24) is 0 Å². The number of rotatable bonds is 4. The summed E-state index contributed by atoms with van der Waals surface area (Å²) < 4.78 is 0. The Hall–Kier alpha value is -1.65. The maximum absolute atomic E-state index is 10.5. The number of aliphatic hydroxyl groups is 2. The predicted molar refractivity (Wildman–Crippen MR) is 55.1 cm³/mol. The third-order valence-corrected chi connectivity index (χ3v) is 2.09. The molecule has 3 N–H and O–H groups in total. The van der Waals surface area contributed by atoms with Gasteiger partial charge in [-0.2, -0.15) is 0 Å². The van der Waals surface area contributed by atoms with Crippen LogP contribution < -0.4 is 0 Å². The molecule has 0 saturated heterocycles. The average Bonchev–Trinajstić information content (AvgIpc) is 2.26. The average molecular weight is 208 g/mol. The van der Waals surface area contributed by atoms with E-state index in [4.69, 9.17) is 5.11 Å². The molecule has 1 rings (SSSR count). The summed E-state index contributed by atoms with van der Waals surface area (Å²) in [6, 6.07) is 6.62. The Labute approximate surface area is 87.1 Å². The van der Waals surface area contributed by atoms with Gasteiger partial charge < -0.3 is 15.3 Å². The summed E-state index contributed by atoms with van der Waals surface area (Å²) in [5.74, 6) is -1.46. The van der Waals surface area contributed by atoms with E-state index in [0.717, 1.165) is 0 Å². The largest absolute Gasteiger partial charge is 0.479 e. The minimum absolute atomic E-state index is 0.349. The quantitative estimate of drug-likeness (QED) is 0.684. The van der Waals surface area contributed by atoms with Crippen LogP contribution in [0, 0.1) is 0 Å². The van der Waals surface area contributed by atoms with Crippen molar-refractivity contribution in [2.24, 2.45) is 0 Å². The summed E-state index contributed by atoms with van der Waals surface area (Å²) in [6.07, 6.45) is -1.78. The highest BCUT2D eigenvalue weighted by atomic mass is 16.4. The second-order valence-corrected chi connectivity index (χ2v) is 3.06. The molecule has 4 heteroatoms. The highest BCUT2D eigenvalue weighted by Gasteiger charge is 2.26. The first-order valence-corrected chi connectivity index (χ1v) is 4.38. The van der Waals surface area contributed by atoms with Crippen molar-refractivity contribution in [3.63, 3.8) is 0 Å². The van der Waals surface area contributed by atoms with Gasteiger partial charge in [-0.05, 0) is 11.1 Å². The summed E-state index contributed by atoms with van der Waals surface area (Å²) >= 11 is 0. The number of carboxylic acid groups (broad SMARTS) is 1. The first kappa shape index (κ1) is 11.4. The van der Waals surface area contributed by atoms with Gasteiger partial charge in [0.25, 0.3) is 0 Å². The van der Waals surface area contributed by atoms with Gasteiger partial charge >= 0.3 is 5.97 Å². The molecule has 1 aromatic rings. The molecule has 0 radical (unpaired) electrons. The maximum atomic E-state index is 10.5. The number of benzene rings is 1. The van der Waals surface area contributed by atoms with E-state index in [1.807, 2.05) is 0 Å². The lowest BCUT2D eigenvalue weighted by atomic mass is 9.99. The summed E-state index contributed by atoms with van der Waals surface area (Å²) in [6.45, 7) is 3.54. The maximum Gasteiger partial charge on any atom is 0.335 e. The Morgan fingerprint density at radius 2 is 1.93 bits per heavy atom. The second kappa shape index (κ2) is 4.72. The Bertz CT molecular complexity index is 373. The van der Waals surface area contributed by atoms with Crippen molar-refractivity contribution in [1.29, 1.82) is 0 Å². The second-order valence-electron chi connectivity index (χ2n) is 3.06. The van der Waals surface area contributed by atoms with Crippen LogP contribution in [-0.2, 0) is 4.79 Å². The van der Waals surface area contributed by atoms with Crippen LogP contribution in [0.2, 0.25) is 0 Å². The van der Waals surface area contributed by atoms with Gasteiger partial charge in [0.05, 0.1) is 0 Å². The Kier molecular flexibility index (Phi) is 3.60. The van der Waals surface area contributed by atoms with Gasteiger partial charge in [-0.25, -0.2) is 4.79 Å². The van der Waals surface area contributed by atoms with Crippen molar-refractivity contribution in [3.05, 3.63) is 42.0 Å². The van der Waals surface area contributed by atoms with Crippen LogP contribution in [0.3, 0.4) is 0 Å². The van der Waals surface area contributed by atoms with Crippen molar-refractivity contribution in [2.75, 3.05) is 0 Å². The topological polar surface area (TPSA) is 77.8 Å². The van der Waals surface area contributed by atoms with E-state index < -0.39 is 18.2 Å². The molecule has 0 aliphatic rings. The molecule has 0 aliphatic carbocycles. The summed E-state index contributed by atoms with van der Waals surface area (Å²) in [5.41, 5.74) is 0.952. The lowest BCUT2D eigenvalue weighted by Crippen LogP contribution is -2.27. The smallest absolute Gasteiger partial charge is 0.335 e. The van der Waals surface area contributed by atoms with Gasteiger partial charge in [-0.3, -0.25) is 0 Å². The van der Waals surface area contributed by atoms with Crippen molar-refractivity contribution in [3.8, 4) is 0 Å². The van der Waals surface area contributed by atoms with E-state index in [-0.39, 0.29) is 0 Å². The molecule has 0 fully saturated rings. The van der Waals surface area contributed by atoms with Crippen LogP contribution in [0.15, 0.2) is 30.8 Å². The molecule has 0 amide bonds. The van der Waals surface area contributed by atoms with Gasteiger partial charge in [0.2, 0.25) is 0 Å². The lowest BCUT2D eigenvalue weighted by Gasteiger charge is -2.16. The molecule has 2 atom stereocenters. The first-order valence-electron chi connectivity index (χ1n) is 4.38. The van der Waals surface area contributed by atoms with Gasteiger partial charge in [0.15, 0.2) is 6.10 Å². The fraction of sp³-hybridized carbons (Fsp3) is 0.182. The van der Waals surface area contributed by atoms with Gasteiger partial charge in [-0.1, -0.05) is 36.9 Å². The minimum Gasteiger partial charge on any atom is -0.479 e. The molecule has 0 aromatic heterocycles. The molecule has 2 unspecified atom stereocenters. The number of hydrogen-bond acceptors (Lipinski definition) is 3. The van der Waals surface area contributed by atoms with Gasteiger partial charge in [0.1, 0.15) is 6.10 Å². The summed E-state index contributed by atoms with van der Waals surface area (Å²) in [4.78, 5) is 10.5. The van der Waals surface area contributed by atoms with Crippen molar-refractivity contribution in [2.45, 2.75) is 12.2 Å². The van der Waals surface area contributed by atoms with E-state index in [0.29, 0.717) is 11.1 Å². The van der Waals surface area contributed by atoms with Crippen LogP contribution >= 0.6 is 0 Å². The number of carbonyl (C=O) groups is 1. The molecule has 0 spiro atoms. The van der Waals surface area contributed by atoms with Crippen LogP contribution in [0.5, 0.6) is 0 Å². The Morgan fingerprint density at radius 1 is 1.33 bits per heavy atom. The zero-order valence-corrected chi connectivity index (χ0v) is 8.00. The monoisotopic (exact) mass is 208 g/mol. The van der Waals surface area contributed by atoms with Gasteiger partial charge in [0, 0.05) is 0 Å². The SMILES string of the molecule is C=Cc1ccccc1C(O)C(O)C(=O)O. The fourth-order valence-electron chi connectivity index (χ4n) is 1.27. The zero-order chi connectivity index (χ0) is 11.4. The molecular formula is C11H12O4. The van der Waals surface area contributed by atoms with Crippen LogP contribution in [0.1, 0.15) is 17.2 Å². The number of aliphatic carboxylic acids is 1. The highest BCUT2D eigenvalue weighted by molar-refractivity contribution is 5.73.